The highest BCUT2D eigenvalue weighted by atomic mass is 16.5. The Morgan fingerprint density at radius 1 is 1.35 bits per heavy atom. The number of rotatable bonds is 8. The van der Waals surface area contributed by atoms with Gasteiger partial charge in [-0.25, -0.2) is 9.48 Å². The highest BCUT2D eigenvalue weighted by Gasteiger charge is 2.15. The summed E-state index contributed by atoms with van der Waals surface area (Å²) in [5.41, 5.74) is 0. The Bertz CT molecular complexity index is 340. The van der Waals surface area contributed by atoms with Crippen molar-refractivity contribution < 1.29 is 14.3 Å². The zero-order chi connectivity index (χ0) is 12.5. The van der Waals surface area contributed by atoms with Crippen molar-refractivity contribution >= 4 is 5.97 Å². The average Bonchev–Trinajstić information content (AvgIpc) is 2.77. The second kappa shape index (κ2) is 7.72. The molecule has 17 heavy (non-hydrogen) atoms. The van der Waals surface area contributed by atoms with Gasteiger partial charge in [-0.2, -0.15) is 0 Å². The molecule has 0 bridgehead atoms. The summed E-state index contributed by atoms with van der Waals surface area (Å²) in [5.74, 6) is -0.392. The molecule has 1 aromatic rings. The fourth-order valence-corrected chi connectivity index (χ4v) is 1.20. The van der Waals surface area contributed by atoms with Crippen LogP contribution in [0.2, 0.25) is 0 Å². The van der Waals surface area contributed by atoms with Crippen molar-refractivity contribution in [3.8, 4) is 0 Å². The minimum Gasteiger partial charge on any atom is -0.460 e. The molecule has 0 aromatic carbocycles. The Labute approximate surface area is 100 Å². The second-order valence-electron chi connectivity index (χ2n) is 3.41. The Hall–Kier alpha value is -1.50. The van der Waals surface area contributed by atoms with E-state index in [2.05, 4.69) is 22.4 Å². The largest absolute Gasteiger partial charge is 0.460 e. The molecule has 0 amide bonds. The van der Waals surface area contributed by atoms with Gasteiger partial charge in [-0.3, -0.25) is 0 Å². The third-order valence-electron chi connectivity index (χ3n) is 2.08. The third kappa shape index (κ3) is 4.48. The molecule has 0 spiro atoms. The van der Waals surface area contributed by atoms with E-state index in [9.17, 15) is 4.79 Å². The Morgan fingerprint density at radius 2 is 2.18 bits per heavy atom. The molecule has 0 aliphatic heterocycles. The molecule has 96 valence electrons. The number of aromatic nitrogens is 4. The molecule has 0 N–H and O–H groups in total. The highest BCUT2D eigenvalue weighted by molar-refractivity contribution is 5.85. The van der Waals surface area contributed by atoms with Crippen LogP contribution in [0.1, 0.15) is 37.3 Å². The maximum absolute atomic E-state index is 11.4. The van der Waals surface area contributed by atoms with Crippen LogP contribution in [0.3, 0.4) is 0 Å². The molecule has 1 heterocycles. The summed E-state index contributed by atoms with van der Waals surface area (Å²) in [7, 11) is 0. The monoisotopic (exact) mass is 242 g/mol. The smallest absolute Gasteiger partial charge is 0.378 e. The quantitative estimate of drug-likeness (QED) is 0.492. The van der Waals surface area contributed by atoms with Crippen molar-refractivity contribution in [1.82, 2.24) is 20.2 Å². The Balaban J connectivity index is 2.38. The molecule has 1 rings (SSSR count). The first kappa shape index (κ1) is 13.6. The zero-order valence-electron chi connectivity index (χ0n) is 10.3. The van der Waals surface area contributed by atoms with Crippen molar-refractivity contribution in [3.63, 3.8) is 0 Å². The van der Waals surface area contributed by atoms with Crippen LogP contribution in [0, 0.1) is 0 Å². The Morgan fingerprint density at radius 3 is 2.88 bits per heavy atom. The molecule has 0 saturated carbocycles. The summed E-state index contributed by atoms with van der Waals surface area (Å²) < 4.78 is 11.6. The fraction of sp³-hybridized carbons (Fsp3) is 0.800. The van der Waals surface area contributed by atoms with Gasteiger partial charge in [0.1, 0.15) is 0 Å². The summed E-state index contributed by atoms with van der Waals surface area (Å²) >= 11 is 0. The topological polar surface area (TPSA) is 79.1 Å². The predicted octanol–water partition coefficient (Wildman–Crippen LogP) is 0.666. The minimum absolute atomic E-state index is 0.117. The van der Waals surface area contributed by atoms with Crippen LogP contribution in [0.25, 0.3) is 0 Å². The van der Waals surface area contributed by atoms with Crippen LogP contribution in [0.4, 0.5) is 0 Å². The SMILES string of the molecule is CCCCOCCn1nnnc1C(=O)OCC. The van der Waals surface area contributed by atoms with Gasteiger partial charge in [0.05, 0.1) is 19.8 Å². The normalized spacial score (nSPS) is 10.5. The van der Waals surface area contributed by atoms with E-state index in [1.165, 1.54) is 4.68 Å². The lowest BCUT2D eigenvalue weighted by atomic mass is 10.4. The van der Waals surface area contributed by atoms with E-state index in [1.54, 1.807) is 6.92 Å². The Kier molecular flexibility index (Phi) is 6.16. The van der Waals surface area contributed by atoms with Gasteiger partial charge in [0.25, 0.3) is 5.82 Å². The molecule has 0 atom stereocenters. The van der Waals surface area contributed by atoms with Gasteiger partial charge < -0.3 is 9.47 Å². The number of hydrogen-bond acceptors (Lipinski definition) is 6. The van der Waals surface area contributed by atoms with E-state index >= 15 is 0 Å². The first-order valence-corrected chi connectivity index (χ1v) is 5.80. The van der Waals surface area contributed by atoms with E-state index in [0.29, 0.717) is 26.4 Å². The predicted molar refractivity (Wildman–Crippen MR) is 59.5 cm³/mol. The lowest BCUT2D eigenvalue weighted by molar-refractivity contribution is 0.0499. The standard InChI is InChI=1S/C10H18N4O3/c1-3-5-7-16-8-6-14-9(11-12-13-14)10(15)17-4-2/h3-8H2,1-2H3. The van der Waals surface area contributed by atoms with E-state index in [1.807, 2.05) is 0 Å². The second-order valence-corrected chi connectivity index (χ2v) is 3.41. The number of unbranched alkanes of at least 4 members (excludes halogenated alkanes) is 1. The molecular weight excluding hydrogens is 224 g/mol. The average molecular weight is 242 g/mol. The maximum atomic E-state index is 11.4. The van der Waals surface area contributed by atoms with Gasteiger partial charge in [-0.05, 0) is 23.8 Å². The zero-order valence-corrected chi connectivity index (χ0v) is 10.3. The first-order valence-electron chi connectivity index (χ1n) is 5.80. The molecular formula is C10H18N4O3. The number of esters is 1. The van der Waals surface area contributed by atoms with Gasteiger partial charge in [0.2, 0.25) is 0 Å². The molecule has 7 heteroatoms. The molecule has 1 aromatic heterocycles. The van der Waals surface area contributed by atoms with Crippen LogP contribution in [0.15, 0.2) is 0 Å². The van der Waals surface area contributed by atoms with E-state index in [-0.39, 0.29) is 5.82 Å². The van der Waals surface area contributed by atoms with Crippen molar-refractivity contribution in [3.05, 3.63) is 5.82 Å². The van der Waals surface area contributed by atoms with Crippen LogP contribution < -0.4 is 0 Å². The molecule has 0 radical (unpaired) electrons. The van der Waals surface area contributed by atoms with Crippen LogP contribution in [-0.4, -0.2) is 46.0 Å². The highest BCUT2D eigenvalue weighted by Crippen LogP contribution is 1.96. The molecule has 7 nitrogen and oxygen atoms in total. The van der Waals surface area contributed by atoms with Gasteiger partial charge >= 0.3 is 5.97 Å². The van der Waals surface area contributed by atoms with Crippen molar-refractivity contribution in [2.75, 3.05) is 19.8 Å². The minimum atomic E-state index is -0.508. The molecule has 0 fully saturated rings. The number of tetrazole rings is 1. The molecule has 0 unspecified atom stereocenters. The first-order chi connectivity index (χ1) is 8.29. The lowest BCUT2D eigenvalue weighted by Gasteiger charge is -2.05. The van der Waals surface area contributed by atoms with Gasteiger partial charge in [0, 0.05) is 6.61 Å². The van der Waals surface area contributed by atoms with Gasteiger partial charge in [0.15, 0.2) is 0 Å². The van der Waals surface area contributed by atoms with Crippen LogP contribution in [0.5, 0.6) is 0 Å². The van der Waals surface area contributed by atoms with Gasteiger partial charge in [-0.1, -0.05) is 13.3 Å². The molecule has 0 aliphatic carbocycles. The van der Waals surface area contributed by atoms with Crippen molar-refractivity contribution in [2.45, 2.75) is 33.2 Å². The summed E-state index contributed by atoms with van der Waals surface area (Å²) in [6, 6.07) is 0. The van der Waals surface area contributed by atoms with Crippen LogP contribution in [-0.2, 0) is 16.0 Å². The lowest BCUT2D eigenvalue weighted by Crippen LogP contribution is -2.17. The third-order valence-corrected chi connectivity index (χ3v) is 2.08. The molecule has 0 aliphatic rings. The fourth-order valence-electron chi connectivity index (χ4n) is 1.20. The van der Waals surface area contributed by atoms with E-state index in [4.69, 9.17) is 9.47 Å². The maximum Gasteiger partial charge on any atom is 0.378 e. The number of nitrogens with zero attached hydrogens (tertiary/aromatic N) is 4. The number of ether oxygens (including phenoxy) is 2. The summed E-state index contributed by atoms with van der Waals surface area (Å²) in [4.78, 5) is 11.4. The molecule has 0 saturated heterocycles. The van der Waals surface area contributed by atoms with Crippen LogP contribution >= 0.6 is 0 Å². The number of carbonyl (C=O) groups is 1. The summed E-state index contributed by atoms with van der Waals surface area (Å²) in [5, 5.41) is 10.8. The van der Waals surface area contributed by atoms with E-state index in [0.717, 1.165) is 12.8 Å². The van der Waals surface area contributed by atoms with Crippen molar-refractivity contribution in [1.29, 1.82) is 0 Å². The summed E-state index contributed by atoms with van der Waals surface area (Å²) in [6.07, 6.45) is 2.12. The number of carbonyl (C=O) groups excluding carboxylic acids is 1. The van der Waals surface area contributed by atoms with E-state index < -0.39 is 5.97 Å². The number of hydrogen-bond donors (Lipinski definition) is 0. The van der Waals surface area contributed by atoms with Crippen molar-refractivity contribution in [2.24, 2.45) is 0 Å². The summed E-state index contributed by atoms with van der Waals surface area (Å²) in [6.45, 7) is 5.79. The van der Waals surface area contributed by atoms with Gasteiger partial charge in [-0.15, -0.1) is 5.10 Å².